The molecule has 0 amide bonds. The summed E-state index contributed by atoms with van der Waals surface area (Å²) in [6.07, 6.45) is 1.01. The van der Waals surface area contributed by atoms with E-state index < -0.39 is 0 Å². The molecule has 0 aliphatic carbocycles. The van der Waals surface area contributed by atoms with Crippen molar-refractivity contribution < 1.29 is 0 Å². The Labute approximate surface area is 109 Å². The number of hydrogen-bond donors (Lipinski definition) is 2. The van der Waals surface area contributed by atoms with E-state index >= 15 is 0 Å². The molecule has 1 heterocycles. The van der Waals surface area contributed by atoms with Crippen molar-refractivity contribution in [2.45, 2.75) is 37.5 Å². The molecule has 5 heteroatoms. The Hall–Kier alpha value is 0.710. The lowest BCUT2D eigenvalue weighted by atomic mass is 9.84. The molecule has 0 saturated heterocycles. The molecular weight excluding hydrogens is 262 g/mol. The van der Waals surface area contributed by atoms with Crippen LogP contribution in [0.1, 0.15) is 32.1 Å². The van der Waals surface area contributed by atoms with Crippen LogP contribution < -0.4 is 5.73 Å². The second-order valence-corrected chi connectivity index (χ2v) is 8.29. The second-order valence-electron chi connectivity index (χ2n) is 4.04. The molecule has 1 rings (SSSR count). The molecule has 0 radical (unpaired) electrons. The zero-order valence-corrected chi connectivity index (χ0v) is 12.5. The number of rotatable bonds is 5. The van der Waals surface area contributed by atoms with Gasteiger partial charge in [-0.05, 0) is 41.5 Å². The second kappa shape index (κ2) is 5.36. The van der Waals surface area contributed by atoms with Crippen LogP contribution in [0.25, 0.3) is 0 Å². The fourth-order valence-electron chi connectivity index (χ4n) is 1.73. The third-order valence-electron chi connectivity index (χ3n) is 2.64. The minimum absolute atomic E-state index is 0.0480. The molecule has 1 atom stereocenters. The lowest BCUT2D eigenvalue weighted by molar-refractivity contribution is 0.368. The highest BCUT2D eigenvalue weighted by Gasteiger charge is 2.44. The summed E-state index contributed by atoms with van der Waals surface area (Å²) >= 11 is 6.03. The maximum absolute atomic E-state index is 6.34. The Kier molecular flexibility index (Phi) is 4.92. The van der Waals surface area contributed by atoms with Gasteiger partial charge in [0.1, 0.15) is 0 Å². The highest BCUT2D eigenvalue weighted by Crippen LogP contribution is 2.54. The van der Waals surface area contributed by atoms with Gasteiger partial charge < -0.3 is 5.73 Å². The van der Waals surface area contributed by atoms with E-state index in [1.807, 2.05) is 0 Å². The molecule has 0 spiro atoms. The lowest BCUT2D eigenvalue weighted by Gasteiger charge is -2.42. The molecule has 86 valence electrons. The average molecular weight is 280 g/mol. The molecule has 15 heavy (non-hydrogen) atoms. The maximum atomic E-state index is 6.34. The van der Waals surface area contributed by atoms with Gasteiger partial charge in [0.2, 0.25) is 0 Å². The highest BCUT2D eigenvalue weighted by atomic mass is 33.5. The van der Waals surface area contributed by atoms with Gasteiger partial charge in [0.15, 0.2) is 0 Å². The van der Waals surface area contributed by atoms with Crippen LogP contribution in [0.5, 0.6) is 0 Å². The van der Waals surface area contributed by atoms with Crippen LogP contribution in [-0.2, 0) is 4.75 Å². The van der Waals surface area contributed by atoms with Crippen molar-refractivity contribution in [3.8, 4) is 0 Å². The van der Waals surface area contributed by atoms with E-state index in [2.05, 4.69) is 49.9 Å². The van der Waals surface area contributed by atoms with Gasteiger partial charge in [-0.25, -0.2) is 0 Å². The van der Waals surface area contributed by atoms with Gasteiger partial charge in [0.05, 0.1) is 4.75 Å². The third-order valence-corrected chi connectivity index (χ3v) is 6.94. The Balaban J connectivity index is 3.16. The molecule has 0 aliphatic heterocycles. The van der Waals surface area contributed by atoms with Crippen LogP contribution in [0.2, 0.25) is 0 Å². The minimum atomic E-state index is -0.257. The van der Waals surface area contributed by atoms with Crippen LogP contribution in [0.15, 0.2) is 17.5 Å². The summed E-state index contributed by atoms with van der Waals surface area (Å²) in [4.78, 5) is 1.34. The van der Waals surface area contributed by atoms with Gasteiger partial charge in [0.25, 0.3) is 0 Å². The molecule has 1 aromatic rings. The molecule has 1 aromatic heterocycles. The zero-order valence-electron chi connectivity index (χ0n) is 9.19. The largest absolute Gasteiger partial charge is 0.324 e. The predicted octanol–water partition coefficient (Wildman–Crippen LogP) is 4.32. The van der Waals surface area contributed by atoms with Crippen molar-refractivity contribution in [1.29, 1.82) is 0 Å². The predicted molar refractivity (Wildman–Crippen MR) is 78.7 cm³/mol. The summed E-state index contributed by atoms with van der Waals surface area (Å²) in [6.45, 7) is 6.37. The van der Waals surface area contributed by atoms with E-state index in [9.17, 15) is 0 Å². The summed E-state index contributed by atoms with van der Waals surface area (Å²) in [6, 6.07) is 4.25. The number of thiophene rings is 1. The van der Waals surface area contributed by atoms with Gasteiger partial charge >= 0.3 is 0 Å². The molecule has 2 N–H and O–H groups in total. The van der Waals surface area contributed by atoms with Crippen molar-refractivity contribution in [1.82, 2.24) is 0 Å². The molecule has 0 fully saturated rings. The van der Waals surface area contributed by atoms with Crippen molar-refractivity contribution in [3.63, 3.8) is 0 Å². The fourth-order valence-corrected chi connectivity index (χ4v) is 6.62. The summed E-state index contributed by atoms with van der Waals surface area (Å²) in [5.41, 5.74) is 6.08. The van der Waals surface area contributed by atoms with E-state index in [1.54, 1.807) is 22.1 Å². The Morgan fingerprint density at radius 3 is 2.53 bits per heavy atom. The fraction of sp³-hybridized carbons (Fsp3) is 0.600. The van der Waals surface area contributed by atoms with Gasteiger partial charge in [-0.3, -0.25) is 0 Å². The normalized spacial score (nSPS) is 16.3. The highest BCUT2D eigenvalue weighted by molar-refractivity contribution is 9.05. The van der Waals surface area contributed by atoms with Crippen molar-refractivity contribution in [3.05, 3.63) is 22.4 Å². The van der Waals surface area contributed by atoms with Crippen LogP contribution in [0.3, 0.4) is 0 Å². The van der Waals surface area contributed by atoms with Gasteiger partial charge in [-0.1, -0.05) is 35.4 Å². The molecule has 0 saturated carbocycles. The molecule has 0 aromatic carbocycles. The summed E-state index contributed by atoms with van der Waals surface area (Å²) in [5, 5.41) is 2.11. The smallest absolute Gasteiger partial charge is 0.0783 e. The first kappa shape index (κ1) is 13.8. The monoisotopic (exact) mass is 279 g/mol. The first-order chi connectivity index (χ1) is 6.98. The quantitative estimate of drug-likeness (QED) is 0.620. The number of hydrogen-bond acceptors (Lipinski definition) is 5. The molecule has 0 bridgehead atoms. The van der Waals surface area contributed by atoms with E-state index in [0.29, 0.717) is 0 Å². The topological polar surface area (TPSA) is 26.0 Å². The third kappa shape index (κ3) is 2.69. The van der Waals surface area contributed by atoms with Crippen LogP contribution in [0.4, 0.5) is 0 Å². The molecule has 0 aliphatic rings. The SMILES string of the molecule is CCC(SSS)(c1cccs1)C(C)(C)N. The average Bonchev–Trinajstić information content (AvgIpc) is 2.65. The van der Waals surface area contributed by atoms with Crippen LogP contribution >= 0.6 is 43.6 Å². The number of nitrogens with two attached hydrogens (primary N) is 1. The van der Waals surface area contributed by atoms with Crippen molar-refractivity contribution in [2.24, 2.45) is 5.73 Å². The standard InChI is InChI=1S/C10H17NS4/c1-4-10(14-15-12,9(2,3)11)8-6-5-7-13-8/h5-7,12H,4,11H2,1-3H3. The van der Waals surface area contributed by atoms with Crippen LogP contribution in [-0.4, -0.2) is 5.54 Å². The maximum Gasteiger partial charge on any atom is 0.0783 e. The molecule has 1 unspecified atom stereocenters. The lowest BCUT2D eigenvalue weighted by Crippen LogP contribution is -2.50. The number of thiol groups is 1. The zero-order chi connectivity index (χ0) is 11.5. The Morgan fingerprint density at radius 2 is 2.20 bits per heavy atom. The van der Waals surface area contributed by atoms with Gasteiger partial charge in [-0.2, -0.15) is 0 Å². The van der Waals surface area contributed by atoms with Gasteiger partial charge in [0, 0.05) is 10.4 Å². The summed E-state index contributed by atoms with van der Waals surface area (Å²) in [5.74, 6) is 0. The molecular formula is C10H17NS4. The van der Waals surface area contributed by atoms with Crippen molar-refractivity contribution >= 4 is 43.6 Å². The Bertz CT molecular complexity index is 291. The summed E-state index contributed by atoms with van der Waals surface area (Å²) in [7, 11) is 3.25. The van der Waals surface area contributed by atoms with Crippen LogP contribution in [0, 0.1) is 0 Å². The first-order valence-corrected chi connectivity index (χ1v) is 8.88. The molecule has 1 nitrogen and oxygen atoms in total. The minimum Gasteiger partial charge on any atom is -0.324 e. The Morgan fingerprint density at radius 1 is 1.53 bits per heavy atom. The first-order valence-electron chi connectivity index (χ1n) is 4.80. The van der Waals surface area contributed by atoms with Crippen molar-refractivity contribution in [2.75, 3.05) is 0 Å². The van der Waals surface area contributed by atoms with E-state index in [1.165, 1.54) is 14.7 Å². The van der Waals surface area contributed by atoms with Gasteiger partial charge in [-0.15, -0.1) is 11.3 Å². The van der Waals surface area contributed by atoms with E-state index in [-0.39, 0.29) is 10.3 Å². The summed E-state index contributed by atoms with van der Waals surface area (Å²) < 4.78 is -0.0480. The van der Waals surface area contributed by atoms with E-state index in [0.717, 1.165) is 6.42 Å². The van der Waals surface area contributed by atoms with E-state index in [4.69, 9.17) is 5.73 Å².